The number of nitrogen functional groups attached to an aromatic ring is 1. The molecule has 1 atom stereocenters. The summed E-state index contributed by atoms with van der Waals surface area (Å²) < 4.78 is 10.4. The standard InChI is InChI=1S/C12H15N3O2/c1-8(10-4-3-7-17-10)14-11-6-5-9(13)12(15-11)16-2/h3-8H,13H2,1-2H3,(H,14,15). The van der Waals surface area contributed by atoms with E-state index in [-0.39, 0.29) is 6.04 Å². The molecule has 1 unspecified atom stereocenters. The molecule has 90 valence electrons. The van der Waals surface area contributed by atoms with Gasteiger partial charge in [-0.25, -0.2) is 0 Å². The van der Waals surface area contributed by atoms with E-state index in [0.29, 0.717) is 17.4 Å². The van der Waals surface area contributed by atoms with Gasteiger partial charge in [0, 0.05) is 0 Å². The Hall–Kier alpha value is -2.17. The van der Waals surface area contributed by atoms with Crippen LogP contribution in [0.15, 0.2) is 34.9 Å². The fourth-order valence-corrected chi connectivity index (χ4v) is 1.53. The Bertz CT molecular complexity index is 483. The van der Waals surface area contributed by atoms with E-state index in [4.69, 9.17) is 14.9 Å². The van der Waals surface area contributed by atoms with Crippen molar-refractivity contribution in [2.45, 2.75) is 13.0 Å². The lowest BCUT2D eigenvalue weighted by Gasteiger charge is -2.13. The minimum absolute atomic E-state index is 0.0332. The number of nitrogens with one attached hydrogen (secondary N) is 1. The number of hydrogen-bond donors (Lipinski definition) is 2. The van der Waals surface area contributed by atoms with Crippen molar-refractivity contribution in [3.05, 3.63) is 36.3 Å². The van der Waals surface area contributed by atoms with Crippen LogP contribution in [-0.4, -0.2) is 12.1 Å². The van der Waals surface area contributed by atoms with E-state index in [9.17, 15) is 0 Å². The predicted molar refractivity (Wildman–Crippen MR) is 65.9 cm³/mol. The van der Waals surface area contributed by atoms with Crippen LogP contribution in [0.5, 0.6) is 5.88 Å². The van der Waals surface area contributed by atoms with Gasteiger partial charge in [-0.05, 0) is 31.2 Å². The third kappa shape index (κ3) is 2.50. The number of rotatable bonds is 4. The topological polar surface area (TPSA) is 73.3 Å². The average Bonchev–Trinajstić information content (AvgIpc) is 2.85. The van der Waals surface area contributed by atoms with Crippen molar-refractivity contribution in [3.8, 4) is 5.88 Å². The number of hydrogen-bond acceptors (Lipinski definition) is 5. The van der Waals surface area contributed by atoms with Crippen molar-refractivity contribution in [1.82, 2.24) is 4.98 Å². The summed E-state index contributed by atoms with van der Waals surface area (Å²) in [6, 6.07) is 7.35. The first-order chi connectivity index (χ1) is 8.20. The Labute approximate surface area is 99.6 Å². The summed E-state index contributed by atoms with van der Waals surface area (Å²) in [4.78, 5) is 4.24. The summed E-state index contributed by atoms with van der Waals surface area (Å²) in [6.45, 7) is 1.99. The zero-order valence-electron chi connectivity index (χ0n) is 9.81. The van der Waals surface area contributed by atoms with E-state index in [0.717, 1.165) is 5.76 Å². The monoisotopic (exact) mass is 233 g/mol. The molecule has 0 saturated heterocycles. The summed E-state index contributed by atoms with van der Waals surface area (Å²) in [6.07, 6.45) is 1.64. The number of methoxy groups -OCH3 is 1. The van der Waals surface area contributed by atoms with Crippen LogP contribution in [0.1, 0.15) is 18.7 Å². The lowest BCUT2D eigenvalue weighted by Crippen LogP contribution is -2.08. The summed E-state index contributed by atoms with van der Waals surface area (Å²) in [5, 5.41) is 3.21. The molecule has 17 heavy (non-hydrogen) atoms. The van der Waals surface area contributed by atoms with Crippen LogP contribution in [0.4, 0.5) is 11.5 Å². The smallest absolute Gasteiger partial charge is 0.238 e. The Balaban J connectivity index is 2.13. The van der Waals surface area contributed by atoms with Crippen LogP contribution >= 0.6 is 0 Å². The number of pyridine rings is 1. The van der Waals surface area contributed by atoms with Gasteiger partial charge in [0.05, 0.1) is 25.1 Å². The van der Waals surface area contributed by atoms with Gasteiger partial charge in [0.25, 0.3) is 0 Å². The lowest BCUT2D eigenvalue weighted by molar-refractivity contribution is 0.400. The van der Waals surface area contributed by atoms with Crippen LogP contribution in [0.3, 0.4) is 0 Å². The van der Waals surface area contributed by atoms with Gasteiger partial charge in [-0.2, -0.15) is 4.98 Å². The van der Waals surface area contributed by atoms with Crippen molar-refractivity contribution in [2.75, 3.05) is 18.2 Å². The molecule has 0 aromatic carbocycles. The maximum atomic E-state index is 5.69. The van der Waals surface area contributed by atoms with Gasteiger partial charge in [0.2, 0.25) is 5.88 Å². The van der Waals surface area contributed by atoms with Gasteiger partial charge >= 0.3 is 0 Å². The summed E-state index contributed by atoms with van der Waals surface area (Å²) >= 11 is 0. The van der Waals surface area contributed by atoms with E-state index in [1.165, 1.54) is 0 Å². The second-order valence-electron chi connectivity index (χ2n) is 3.68. The second kappa shape index (κ2) is 4.78. The maximum Gasteiger partial charge on any atom is 0.238 e. The predicted octanol–water partition coefficient (Wildman–Crippen LogP) is 2.44. The van der Waals surface area contributed by atoms with Crippen LogP contribution in [0, 0.1) is 0 Å². The van der Waals surface area contributed by atoms with Gasteiger partial charge in [-0.1, -0.05) is 0 Å². The molecule has 0 bridgehead atoms. The average molecular weight is 233 g/mol. The van der Waals surface area contributed by atoms with Crippen molar-refractivity contribution in [2.24, 2.45) is 0 Å². The first-order valence-electron chi connectivity index (χ1n) is 5.31. The number of anilines is 2. The van der Waals surface area contributed by atoms with Gasteiger partial charge in [-0.3, -0.25) is 0 Å². The number of ether oxygens (including phenoxy) is 1. The molecule has 0 amide bonds. The third-order valence-corrected chi connectivity index (χ3v) is 2.42. The van der Waals surface area contributed by atoms with Gasteiger partial charge in [0.15, 0.2) is 0 Å². The van der Waals surface area contributed by atoms with E-state index in [1.807, 2.05) is 19.1 Å². The van der Waals surface area contributed by atoms with Crippen molar-refractivity contribution in [1.29, 1.82) is 0 Å². The number of nitrogens with zero attached hydrogens (tertiary/aromatic N) is 1. The molecule has 2 aromatic rings. The zero-order valence-corrected chi connectivity index (χ0v) is 9.81. The molecule has 0 aliphatic carbocycles. The maximum absolute atomic E-state index is 5.69. The molecule has 0 aliphatic rings. The molecule has 0 fully saturated rings. The molecule has 2 heterocycles. The van der Waals surface area contributed by atoms with Gasteiger partial charge < -0.3 is 20.2 Å². The Morgan fingerprint density at radius 3 is 2.88 bits per heavy atom. The van der Waals surface area contributed by atoms with Crippen LogP contribution in [0.2, 0.25) is 0 Å². The summed E-state index contributed by atoms with van der Waals surface area (Å²) in [7, 11) is 1.54. The largest absolute Gasteiger partial charge is 0.479 e. The third-order valence-electron chi connectivity index (χ3n) is 2.42. The second-order valence-corrected chi connectivity index (χ2v) is 3.68. The molecular weight excluding hydrogens is 218 g/mol. The van der Waals surface area contributed by atoms with Gasteiger partial charge in [0.1, 0.15) is 11.6 Å². The quantitative estimate of drug-likeness (QED) is 0.848. The highest BCUT2D eigenvalue weighted by atomic mass is 16.5. The van der Waals surface area contributed by atoms with E-state index in [1.54, 1.807) is 25.5 Å². The fourth-order valence-electron chi connectivity index (χ4n) is 1.53. The summed E-state index contributed by atoms with van der Waals surface area (Å²) in [5.41, 5.74) is 6.21. The highest BCUT2D eigenvalue weighted by Gasteiger charge is 2.10. The Morgan fingerprint density at radius 1 is 1.41 bits per heavy atom. The Kier molecular flexibility index (Phi) is 3.18. The van der Waals surface area contributed by atoms with E-state index < -0.39 is 0 Å². The van der Waals surface area contributed by atoms with Gasteiger partial charge in [-0.15, -0.1) is 0 Å². The number of nitrogens with two attached hydrogens (primary N) is 1. The molecule has 0 radical (unpaired) electrons. The minimum atomic E-state index is 0.0332. The van der Waals surface area contributed by atoms with E-state index >= 15 is 0 Å². The highest BCUT2D eigenvalue weighted by Crippen LogP contribution is 2.23. The fraction of sp³-hybridized carbons (Fsp3) is 0.250. The SMILES string of the molecule is COc1nc(NC(C)c2ccco2)ccc1N. The van der Waals surface area contributed by atoms with Crippen molar-refractivity contribution < 1.29 is 9.15 Å². The van der Waals surface area contributed by atoms with Crippen LogP contribution < -0.4 is 15.8 Å². The molecule has 2 aromatic heterocycles. The Morgan fingerprint density at radius 2 is 2.24 bits per heavy atom. The van der Waals surface area contributed by atoms with E-state index in [2.05, 4.69) is 10.3 Å². The molecule has 5 heteroatoms. The van der Waals surface area contributed by atoms with Crippen molar-refractivity contribution >= 4 is 11.5 Å². The normalized spacial score (nSPS) is 12.1. The molecule has 2 rings (SSSR count). The molecule has 0 saturated carbocycles. The van der Waals surface area contributed by atoms with Crippen LogP contribution in [-0.2, 0) is 0 Å². The number of furan rings is 1. The molecular formula is C12H15N3O2. The minimum Gasteiger partial charge on any atom is -0.479 e. The summed E-state index contributed by atoms with van der Waals surface area (Å²) in [5.74, 6) is 1.96. The molecule has 0 spiro atoms. The molecule has 0 aliphatic heterocycles. The van der Waals surface area contributed by atoms with Crippen molar-refractivity contribution in [3.63, 3.8) is 0 Å². The zero-order chi connectivity index (χ0) is 12.3. The first kappa shape index (κ1) is 11.3. The first-order valence-corrected chi connectivity index (χ1v) is 5.31. The molecule has 5 nitrogen and oxygen atoms in total. The number of aromatic nitrogens is 1. The van der Waals surface area contributed by atoms with Crippen LogP contribution in [0.25, 0.3) is 0 Å². The highest BCUT2D eigenvalue weighted by molar-refractivity contribution is 5.53. The molecule has 3 N–H and O–H groups in total. The lowest BCUT2D eigenvalue weighted by atomic mass is 10.2.